The second-order valence-electron chi connectivity index (χ2n) is 10.9. The van der Waals surface area contributed by atoms with Crippen molar-refractivity contribution in [2.75, 3.05) is 13.2 Å². The summed E-state index contributed by atoms with van der Waals surface area (Å²) in [5, 5.41) is 20.6. The molecule has 1 saturated carbocycles. The van der Waals surface area contributed by atoms with Crippen molar-refractivity contribution < 1.29 is 33.8 Å². The molecule has 1 aliphatic carbocycles. The maximum Gasteiger partial charge on any atom is 0.328 e. The first kappa shape index (κ1) is 36.8. The van der Waals surface area contributed by atoms with Crippen molar-refractivity contribution in [3.8, 4) is 0 Å². The van der Waals surface area contributed by atoms with Crippen molar-refractivity contribution in [1.82, 2.24) is 21.3 Å². The molecule has 0 bridgehead atoms. The van der Waals surface area contributed by atoms with Crippen molar-refractivity contribution in [2.24, 2.45) is 11.7 Å². The number of amides is 4. The van der Waals surface area contributed by atoms with Gasteiger partial charge in [0.05, 0.1) is 13.2 Å². The SMILES string of the molecule is CC(C)C[C@H](NC(=O)[C@H](CO)NC(=O)[C@H](CCC(N)=O)NC(=O)CNC1CCCCC1)C(=O)OCc1ccccc1.Cl. The Morgan fingerprint density at radius 2 is 1.55 bits per heavy atom. The van der Waals surface area contributed by atoms with Crippen LogP contribution in [0.1, 0.15) is 70.8 Å². The van der Waals surface area contributed by atoms with Gasteiger partial charge in [-0.2, -0.15) is 0 Å². The van der Waals surface area contributed by atoms with E-state index in [4.69, 9.17) is 10.5 Å². The Bertz CT molecular complexity index is 1010. The smallest absolute Gasteiger partial charge is 0.328 e. The van der Waals surface area contributed by atoms with Crippen LogP contribution in [0.15, 0.2) is 30.3 Å². The number of primary amides is 1. The highest BCUT2D eigenvalue weighted by Gasteiger charge is 2.30. The summed E-state index contributed by atoms with van der Waals surface area (Å²) in [6.07, 6.45) is 5.33. The van der Waals surface area contributed by atoms with Gasteiger partial charge >= 0.3 is 5.97 Å². The summed E-state index contributed by atoms with van der Waals surface area (Å²) >= 11 is 0. The van der Waals surface area contributed by atoms with E-state index in [9.17, 15) is 29.1 Å². The number of hydrogen-bond donors (Lipinski definition) is 6. The van der Waals surface area contributed by atoms with Gasteiger partial charge in [0.25, 0.3) is 0 Å². The Hall–Kier alpha value is -3.22. The molecule has 1 aliphatic rings. The molecule has 0 heterocycles. The topological polar surface area (TPSA) is 189 Å². The number of aliphatic hydroxyl groups is 1. The van der Waals surface area contributed by atoms with Crippen molar-refractivity contribution in [2.45, 2.75) is 96.0 Å². The maximum atomic E-state index is 13.0. The van der Waals surface area contributed by atoms with Crippen LogP contribution in [-0.2, 0) is 35.3 Å². The van der Waals surface area contributed by atoms with Gasteiger partial charge in [-0.15, -0.1) is 12.4 Å². The lowest BCUT2D eigenvalue weighted by Gasteiger charge is -2.25. The summed E-state index contributed by atoms with van der Waals surface area (Å²) in [5.74, 6) is -3.26. The molecule has 7 N–H and O–H groups in total. The summed E-state index contributed by atoms with van der Waals surface area (Å²) in [5.41, 5.74) is 6.03. The molecule has 0 spiro atoms. The van der Waals surface area contributed by atoms with E-state index < -0.39 is 54.3 Å². The molecule has 0 aliphatic heterocycles. The van der Waals surface area contributed by atoms with Crippen LogP contribution in [0.5, 0.6) is 0 Å². The number of esters is 1. The van der Waals surface area contributed by atoms with Gasteiger partial charge in [-0.1, -0.05) is 63.4 Å². The molecule has 1 aromatic carbocycles. The molecule has 2 rings (SSSR count). The van der Waals surface area contributed by atoms with Gasteiger partial charge < -0.3 is 36.8 Å². The van der Waals surface area contributed by atoms with E-state index in [1.54, 1.807) is 12.1 Å². The highest BCUT2D eigenvalue weighted by Crippen LogP contribution is 2.17. The summed E-state index contributed by atoms with van der Waals surface area (Å²) < 4.78 is 5.39. The molecule has 12 nitrogen and oxygen atoms in total. The number of carbonyl (C=O) groups is 5. The van der Waals surface area contributed by atoms with Crippen LogP contribution >= 0.6 is 12.4 Å². The van der Waals surface area contributed by atoms with Crippen LogP contribution in [-0.4, -0.2) is 72.0 Å². The van der Waals surface area contributed by atoms with Crippen LogP contribution in [0.4, 0.5) is 0 Å². The van der Waals surface area contributed by atoms with Crippen LogP contribution < -0.4 is 27.0 Å². The maximum absolute atomic E-state index is 13.0. The summed E-state index contributed by atoms with van der Waals surface area (Å²) in [4.78, 5) is 62.8. The average Bonchev–Trinajstić information content (AvgIpc) is 2.95. The zero-order valence-electron chi connectivity index (χ0n) is 24.4. The Morgan fingerprint density at radius 3 is 2.14 bits per heavy atom. The minimum atomic E-state index is -1.41. The van der Waals surface area contributed by atoms with E-state index in [1.165, 1.54) is 6.42 Å². The highest BCUT2D eigenvalue weighted by molar-refractivity contribution is 5.94. The van der Waals surface area contributed by atoms with Crippen LogP contribution in [0, 0.1) is 5.92 Å². The second kappa shape index (κ2) is 19.8. The fraction of sp³-hybridized carbons (Fsp3) is 0.621. The molecular formula is C29H46ClN5O7. The predicted octanol–water partition coefficient (Wildman–Crippen LogP) is 0.832. The second-order valence-corrected chi connectivity index (χ2v) is 10.9. The summed E-state index contributed by atoms with van der Waals surface area (Å²) in [6, 6.07) is 5.74. The van der Waals surface area contributed by atoms with E-state index in [-0.39, 0.29) is 56.8 Å². The third kappa shape index (κ3) is 14.1. The molecule has 0 aromatic heterocycles. The molecule has 3 atom stereocenters. The number of halogens is 1. The zero-order valence-corrected chi connectivity index (χ0v) is 25.3. The van der Waals surface area contributed by atoms with E-state index in [0.717, 1.165) is 31.2 Å². The van der Waals surface area contributed by atoms with Crippen LogP contribution in [0.25, 0.3) is 0 Å². The number of nitrogens with one attached hydrogen (secondary N) is 4. The minimum absolute atomic E-state index is 0. The first-order valence-corrected chi connectivity index (χ1v) is 14.3. The van der Waals surface area contributed by atoms with Crippen LogP contribution in [0.2, 0.25) is 0 Å². The average molecular weight is 612 g/mol. The fourth-order valence-electron chi connectivity index (χ4n) is 4.60. The van der Waals surface area contributed by atoms with Gasteiger partial charge in [-0.25, -0.2) is 4.79 Å². The Kier molecular flexibility index (Phi) is 17.4. The lowest BCUT2D eigenvalue weighted by Crippen LogP contribution is -2.57. The largest absolute Gasteiger partial charge is 0.459 e. The zero-order chi connectivity index (χ0) is 30.2. The molecule has 42 heavy (non-hydrogen) atoms. The molecule has 0 saturated heterocycles. The normalized spacial score (nSPS) is 15.4. The van der Waals surface area contributed by atoms with Gasteiger partial charge in [0, 0.05) is 12.5 Å². The molecule has 236 valence electrons. The van der Waals surface area contributed by atoms with Gasteiger partial charge in [-0.05, 0) is 37.2 Å². The van der Waals surface area contributed by atoms with Crippen LogP contribution in [0.3, 0.4) is 0 Å². The Morgan fingerprint density at radius 1 is 0.929 bits per heavy atom. The Balaban J connectivity index is 0.00000882. The van der Waals surface area contributed by atoms with Crippen molar-refractivity contribution >= 4 is 42.0 Å². The molecule has 1 fully saturated rings. The Labute approximate surface area is 253 Å². The van der Waals surface area contributed by atoms with Crippen molar-refractivity contribution in [3.05, 3.63) is 35.9 Å². The molecular weight excluding hydrogens is 566 g/mol. The number of hydrogen-bond acceptors (Lipinski definition) is 8. The highest BCUT2D eigenvalue weighted by atomic mass is 35.5. The standard InChI is InChI=1S/C29H45N5O7.ClH/c1-19(2)15-23(29(40)41-18-20-9-5-3-6-10-20)33-28(39)24(17-35)34-27(38)22(13-14-25(30)36)32-26(37)16-31-21-11-7-4-8-12-21;/h3,5-6,9-10,19,21-24,31,35H,4,7-8,11-18H2,1-2H3,(H2,30,36)(H,32,37)(H,33,39)(H,34,38);1H/t22-,23-,24-;/m0./s1. The predicted molar refractivity (Wildman–Crippen MR) is 159 cm³/mol. The number of benzene rings is 1. The third-order valence-corrected chi connectivity index (χ3v) is 6.84. The minimum Gasteiger partial charge on any atom is -0.459 e. The molecule has 1 aromatic rings. The lowest BCUT2D eigenvalue weighted by molar-refractivity contribution is -0.150. The first-order valence-electron chi connectivity index (χ1n) is 14.3. The number of nitrogens with two attached hydrogens (primary N) is 1. The van der Waals surface area contributed by atoms with Gasteiger partial charge in [-0.3, -0.25) is 19.2 Å². The van der Waals surface area contributed by atoms with E-state index in [2.05, 4.69) is 21.3 Å². The summed E-state index contributed by atoms with van der Waals surface area (Å²) in [6.45, 7) is 3.02. The van der Waals surface area contributed by atoms with E-state index >= 15 is 0 Å². The van der Waals surface area contributed by atoms with E-state index in [0.29, 0.717) is 0 Å². The monoisotopic (exact) mass is 611 g/mol. The molecule has 0 unspecified atom stereocenters. The third-order valence-electron chi connectivity index (χ3n) is 6.84. The number of rotatable bonds is 17. The van der Waals surface area contributed by atoms with E-state index in [1.807, 2.05) is 32.0 Å². The first-order chi connectivity index (χ1) is 19.6. The number of aliphatic hydroxyl groups excluding tert-OH is 1. The summed E-state index contributed by atoms with van der Waals surface area (Å²) in [7, 11) is 0. The fourth-order valence-corrected chi connectivity index (χ4v) is 4.60. The lowest BCUT2D eigenvalue weighted by atomic mass is 9.95. The molecule has 4 amide bonds. The van der Waals surface area contributed by atoms with Gasteiger partial charge in [0.1, 0.15) is 24.7 Å². The van der Waals surface area contributed by atoms with Gasteiger partial charge in [0.15, 0.2) is 0 Å². The number of ether oxygens (including phenoxy) is 1. The molecule has 0 radical (unpaired) electrons. The van der Waals surface area contributed by atoms with Gasteiger partial charge in [0.2, 0.25) is 23.6 Å². The van der Waals surface area contributed by atoms with Crippen molar-refractivity contribution in [1.29, 1.82) is 0 Å². The van der Waals surface area contributed by atoms with Crippen molar-refractivity contribution in [3.63, 3.8) is 0 Å². The quantitative estimate of drug-likeness (QED) is 0.140. The molecule has 13 heteroatoms. The number of carbonyl (C=O) groups excluding carboxylic acids is 5.